The van der Waals surface area contributed by atoms with Gasteiger partial charge in [0.15, 0.2) is 0 Å². The molecule has 0 bridgehead atoms. The van der Waals surface area contributed by atoms with Gasteiger partial charge < -0.3 is 10.6 Å². The first-order valence-electron chi connectivity index (χ1n) is 8.27. The first-order valence-corrected chi connectivity index (χ1v) is 8.65. The molecule has 0 fully saturated rings. The van der Waals surface area contributed by atoms with Crippen LogP contribution in [0.15, 0.2) is 60.8 Å². The third kappa shape index (κ3) is 5.03. The SMILES string of the molecule is N#Cc1ccccc1NC(=O)c1ccnc(NCCc2ccc(Cl)cc2)n1. The molecule has 3 aromatic rings. The molecular weight excluding hydrogens is 362 g/mol. The molecule has 0 aliphatic rings. The lowest BCUT2D eigenvalue weighted by molar-refractivity contribution is 0.102. The Morgan fingerprint density at radius 3 is 2.67 bits per heavy atom. The van der Waals surface area contributed by atoms with Gasteiger partial charge in [0, 0.05) is 17.8 Å². The maximum atomic E-state index is 12.4. The number of halogens is 1. The zero-order valence-corrected chi connectivity index (χ0v) is 15.1. The number of hydrogen-bond acceptors (Lipinski definition) is 5. The van der Waals surface area contributed by atoms with Crippen molar-refractivity contribution in [1.82, 2.24) is 9.97 Å². The van der Waals surface area contributed by atoms with E-state index in [-0.39, 0.29) is 5.69 Å². The second-order valence-electron chi connectivity index (χ2n) is 5.68. The summed E-state index contributed by atoms with van der Waals surface area (Å²) in [5.41, 5.74) is 2.18. The highest BCUT2D eigenvalue weighted by molar-refractivity contribution is 6.30. The fourth-order valence-electron chi connectivity index (χ4n) is 2.42. The van der Waals surface area contributed by atoms with E-state index in [9.17, 15) is 4.79 Å². The molecule has 1 heterocycles. The molecular formula is C20H16ClN5O. The van der Waals surface area contributed by atoms with Crippen LogP contribution in [0, 0.1) is 11.3 Å². The zero-order valence-electron chi connectivity index (χ0n) is 14.3. The molecule has 7 heteroatoms. The number of rotatable bonds is 6. The van der Waals surface area contributed by atoms with Gasteiger partial charge in [0.2, 0.25) is 5.95 Å². The molecule has 0 saturated carbocycles. The highest BCUT2D eigenvalue weighted by Gasteiger charge is 2.11. The summed E-state index contributed by atoms with van der Waals surface area (Å²) in [5, 5.41) is 15.6. The molecule has 1 aromatic heterocycles. The second kappa shape index (κ2) is 8.79. The number of anilines is 2. The standard InChI is InChI=1S/C20H16ClN5O/c21-16-7-5-14(6-8-16)9-11-23-20-24-12-10-18(26-20)19(27)25-17-4-2-1-3-15(17)13-22/h1-8,10,12H,9,11H2,(H,25,27)(H,23,24,26). The molecule has 0 unspecified atom stereocenters. The summed E-state index contributed by atoms with van der Waals surface area (Å²) in [7, 11) is 0. The Morgan fingerprint density at radius 2 is 1.89 bits per heavy atom. The number of hydrogen-bond donors (Lipinski definition) is 2. The molecule has 6 nitrogen and oxygen atoms in total. The van der Waals surface area contributed by atoms with Crippen molar-refractivity contribution >= 4 is 29.1 Å². The molecule has 0 atom stereocenters. The summed E-state index contributed by atoms with van der Waals surface area (Å²) in [6.45, 7) is 0.615. The van der Waals surface area contributed by atoms with Gasteiger partial charge in [-0.3, -0.25) is 4.79 Å². The lowest BCUT2D eigenvalue weighted by atomic mass is 10.1. The maximum absolute atomic E-state index is 12.4. The molecule has 0 spiro atoms. The lowest BCUT2D eigenvalue weighted by Crippen LogP contribution is -2.16. The van der Waals surface area contributed by atoms with Gasteiger partial charge in [-0.05, 0) is 42.3 Å². The van der Waals surface area contributed by atoms with Crippen molar-refractivity contribution in [3.8, 4) is 6.07 Å². The van der Waals surface area contributed by atoms with E-state index in [1.165, 1.54) is 12.3 Å². The van der Waals surface area contributed by atoms with Crippen LogP contribution in [-0.4, -0.2) is 22.4 Å². The van der Waals surface area contributed by atoms with Crippen LogP contribution in [0.3, 0.4) is 0 Å². The third-order valence-electron chi connectivity index (χ3n) is 3.79. The Morgan fingerprint density at radius 1 is 1.11 bits per heavy atom. The van der Waals surface area contributed by atoms with Gasteiger partial charge in [-0.25, -0.2) is 9.97 Å². The van der Waals surface area contributed by atoms with E-state index >= 15 is 0 Å². The number of carbonyl (C=O) groups is 1. The smallest absolute Gasteiger partial charge is 0.274 e. The Hall–Kier alpha value is -3.43. The highest BCUT2D eigenvalue weighted by atomic mass is 35.5. The minimum atomic E-state index is -0.402. The predicted octanol–water partition coefficient (Wildman–Crippen LogP) is 3.91. The largest absolute Gasteiger partial charge is 0.354 e. The molecule has 0 radical (unpaired) electrons. The Bertz CT molecular complexity index is 982. The summed E-state index contributed by atoms with van der Waals surface area (Å²) in [6, 6.07) is 18.0. The summed E-state index contributed by atoms with van der Waals surface area (Å²) in [6.07, 6.45) is 2.29. The van der Waals surface area contributed by atoms with Crippen LogP contribution in [-0.2, 0) is 6.42 Å². The van der Waals surface area contributed by atoms with Crippen LogP contribution in [0.5, 0.6) is 0 Å². The Labute approximate surface area is 161 Å². The molecule has 0 aliphatic carbocycles. The van der Waals surface area contributed by atoms with Crippen LogP contribution in [0.1, 0.15) is 21.6 Å². The number of benzene rings is 2. The van der Waals surface area contributed by atoms with Gasteiger partial charge in [-0.2, -0.15) is 5.26 Å². The van der Waals surface area contributed by atoms with Crippen molar-refractivity contribution in [1.29, 1.82) is 5.26 Å². The van der Waals surface area contributed by atoms with Crippen molar-refractivity contribution in [3.05, 3.63) is 82.6 Å². The monoisotopic (exact) mass is 377 g/mol. The molecule has 27 heavy (non-hydrogen) atoms. The van der Waals surface area contributed by atoms with Gasteiger partial charge in [0.25, 0.3) is 5.91 Å². The molecule has 2 aromatic carbocycles. The van der Waals surface area contributed by atoms with Gasteiger partial charge in [0.05, 0.1) is 11.3 Å². The molecule has 1 amide bonds. The minimum absolute atomic E-state index is 0.215. The predicted molar refractivity (Wildman–Crippen MR) is 105 cm³/mol. The Kier molecular flexibility index (Phi) is 5.98. The molecule has 2 N–H and O–H groups in total. The van der Waals surface area contributed by atoms with Crippen LogP contribution in [0.2, 0.25) is 5.02 Å². The van der Waals surface area contributed by atoms with Crippen molar-refractivity contribution in [2.75, 3.05) is 17.2 Å². The summed E-state index contributed by atoms with van der Waals surface area (Å²) < 4.78 is 0. The third-order valence-corrected chi connectivity index (χ3v) is 4.05. The first-order chi connectivity index (χ1) is 13.2. The number of nitrogens with one attached hydrogen (secondary N) is 2. The quantitative estimate of drug-likeness (QED) is 0.679. The summed E-state index contributed by atoms with van der Waals surface area (Å²) >= 11 is 5.87. The lowest BCUT2D eigenvalue weighted by Gasteiger charge is -2.08. The van der Waals surface area contributed by atoms with E-state index in [1.807, 2.05) is 30.3 Å². The fraction of sp³-hybridized carbons (Fsp3) is 0.100. The number of aromatic nitrogens is 2. The number of amides is 1. The highest BCUT2D eigenvalue weighted by Crippen LogP contribution is 2.15. The van der Waals surface area contributed by atoms with Crippen LogP contribution in [0.4, 0.5) is 11.6 Å². The number of carbonyl (C=O) groups excluding carboxylic acids is 1. The van der Waals surface area contributed by atoms with Gasteiger partial charge in [0.1, 0.15) is 11.8 Å². The van der Waals surface area contributed by atoms with Gasteiger partial charge >= 0.3 is 0 Å². The maximum Gasteiger partial charge on any atom is 0.274 e. The van der Waals surface area contributed by atoms with E-state index < -0.39 is 5.91 Å². The summed E-state index contributed by atoms with van der Waals surface area (Å²) in [4.78, 5) is 20.8. The Balaban J connectivity index is 1.62. The van der Waals surface area contributed by atoms with Crippen molar-refractivity contribution in [2.24, 2.45) is 0 Å². The van der Waals surface area contributed by atoms with E-state index in [0.717, 1.165) is 12.0 Å². The van der Waals surface area contributed by atoms with E-state index in [1.54, 1.807) is 24.3 Å². The van der Waals surface area contributed by atoms with Crippen LogP contribution in [0.25, 0.3) is 0 Å². The van der Waals surface area contributed by atoms with Gasteiger partial charge in [-0.1, -0.05) is 35.9 Å². The average molecular weight is 378 g/mol. The topological polar surface area (TPSA) is 90.7 Å². The zero-order chi connectivity index (χ0) is 19.1. The van der Waals surface area contributed by atoms with Crippen LogP contribution >= 0.6 is 11.6 Å². The molecule has 0 saturated heterocycles. The van der Waals surface area contributed by atoms with Crippen molar-refractivity contribution in [2.45, 2.75) is 6.42 Å². The fourth-order valence-corrected chi connectivity index (χ4v) is 2.54. The number of nitriles is 1. The van der Waals surface area contributed by atoms with E-state index in [2.05, 4.69) is 20.6 Å². The molecule has 134 valence electrons. The minimum Gasteiger partial charge on any atom is -0.354 e. The summed E-state index contributed by atoms with van der Waals surface area (Å²) in [5.74, 6) is -0.0361. The average Bonchev–Trinajstić information content (AvgIpc) is 2.70. The van der Waals surface area contributed by atoms with E-state index in [0.29, 0.717) is 28.8 Å². The molecule has 0 aliphatic heterocycles. The van der Waals surface area contributed by atoms with E-state index in [4.69, 9.17) is 16.9 Å². The normalized spacial score (nSPS) is 10.1. The number of para-hydroxylation sites is 1. The number of nitrogens with zero attached hydrogens (tertiary/aromatic N) is 3. The first kappa shape index (κ1) is 18.4. The van der Waals surface area contributed by atoms with Crippen LogP contribution < -0.4 is 10.6 Å². The van der Waals surface area contributed by atoms with Crippen molar-refractivity contribution in [3.63, 3.8) is 0 Å². The molecule has 3 rings (SSSR count). The van der Waals surface area contributed by atoms with Crippen molar-refractivity contribution < 1.29 is 4.79 Å². The van der Waals surface area contributed by atoms with Gasteiger partial charge in [-0.15, -0.1) is 0 Å². The second-order valence-corrected chi connectivity index (χ2v) is 6.12.